The minimum absolute atomic E-state index is 0.0467. The van der Waals surface area contributed by atoms with E-state index in [0.717, 1.165) is 18.4 Å². The number of carbonyl (C=O) groups excluding carboxylic acids is 2. The molecule has 2 aromatic rings. The summed E-state index contributed by atoms with van der Waals surface area (Å²) in [6.07, 6.45) is 3.07. The zero-order valence-electron chi connectivity index (χ0n) is 14.8. The summed E-state index contributed by atoms with van der Waals surface area (Å²) < 4.78 is 5.50. The summed E-state index contributed by atoms with van der Waals surface area (Å²) in [6.45, 7) is 6.54. The van der Waals surface area contributed by atoms with Crippen LogP contribution in [0.25, 0.3) is 0 Å². The van der Waals surface area contributed by atoms with Crippen molar-refractivity contribution in [3.8, 4) is 0 Å². The Morgan fingerprint density at radius 1 is 1.31 bits per heavy atom. The molecule has 136 valence electrons. The third-order valence-electron chi connectivity index (χ3n) is 4.54. The first-order chi connectivity index (χ1) is 12.6. The van der Waals surface area contributed by atoms with E-state index in [1.54, 1.807) is 13.0 Å². The molecule has 0 unspecified atom stereocenters. The number of anilines is 1. The number of rotatable bonds is 5. The number of hydrogen-bond acceptors (Lipinski definition) is 5. The highest BCUT2D eigenvalue weighted by Crippen LogP contribution is 2.27. The van der Waals surface area contributed by atoms with Gasteiger partial charge < -0.3 is 14.6 Å². The van der Waals surface area contributed by atoms with Crippen molar-refractivity contribution in [3.63, 3.8) is 0 Å². The van der Waals surface area contributed by atoms with Crippen LogP contribution < -0.4 is 5.32 Å². The van der Waals surface area contributed by atoms with E-state index in [-0.39, 0.29) is 24.2 Å². The van der Waals surface area contributed by atoms with E-state index >= 15 is 0 Å². The van der Waals surface area contributed by atoms with Crippen molar-refractivity contribution in [2.24, 2.45) is 0 Å². The highest BCUT2D eigenvalue weighted by atomic mass is 16.4. The summed E-state index contributed by atoms with van der Waals surface area (Å²) in [5, 5.41) is 10.7. The number of nitrogens with zero attached hydrogens (tertiary/aromatic N) is 3. The molecule has 0 saturated carbocycles. The Hall–Kier alpha value is -2.96. The van der Waals surface area contributed by atoms with Crippen molar-refractivity contribution >= 4 is 17.5 Å². The molecule has 0 radical (unpaired) electrons. The molecule has 0 bridgehead atoms. The van der Waals surface area contributed by atoms with Gasteiger partial charge in [-0.3, -0.25) is 9.59 Å². The van der Waals surface area contributed by atoms with Gasteiger partial charge in [-0.1, -0.05) is 24.8 Å². The Bertz CT molecular complexity index is 807. The summed E-state index contributed by atoms with van der Waals surface area (Å²) in [4.78, 5) is 26.1. The van der Waals surface area contributed by atoms with Crippen LogP contribution in [-0.2, 0) is 16.0 Å². The lowest BCUT2D eigenvalue weighted by atomic mass is 9.96. The van der Waals surface area contributed by atoms with Crippen LogP contribution in [-0.4, -0.2) is 40.0 Å². The molecule has 0 aliphatic carbocycles. The highest BCUT2D eigenvalue weighted by Gasteiger charge is 2.27. The lowest BCUT2D eigenvalue weighted by Crippen LogP contribution is -2.39. The predicted molar refractivity (Wildman–Crippen MR) is 96.6 cm³/mol. The molecule has 7 nitrogen and oxygen atoms in total. The van der Waals surface area contributed by atoms with Crippen LogP contribution in [0, 0.1) is 6.92 Å². The Morgan fingerprint density at radius 3 is 2.69 bits per heavy atom. The Labute approximate surface area is 152 Å². The van der Waals surface area contributed by atoms with E-state index in [2.05, 4.69) is 22.1 Å². The largest absolute Gasteiger partial charge is 0.425 e. The zero-order valence-corrected chi connectivity index (χ0v) is 14.8. The second kappa shape index (κ2) is 7.95. The van der Waals surface area contributed by atoms with Crippen LogP contribution in [0.4, 0.5) is 5.69 Å². The Kier molecular flexibility index (Phi) is 5.46. The van der Waals surface area contributed by atoms with E-state index in [9.17, 15) is 9.59 Å². The van der Waals surface area contributed by atoms with Crippen LogP contribution in [0.2, 0.25) is 0 Å². The molecular formula is C19H22N4O3. The van der Waals surface area contributed by atoms with Gasteiger partial charge in [0.2, 0.25) is 23.6 Å². The molecule has 2 heterocycles. The van der Waals surface area contributed by atoms with Gasteiger partial charge in [0.05, 0.1) is 6.42 Å². The van der Waals surface area contributed by atoms with Gasteiger partial charge in [0.1, 0.15) is 0 Å². The summed E-state index contributed by atoms with van der Waals surface area (Å²) in [5.41, 5.74) is 1.43. The number of amides is 2. The maximum atomic E-state index is 12.7. The topological polar surface area (TPSA) is 88.3 Å². The fraction of sp³-hybridized carbons (Fsp3) is 0.368. The van der Waals surface area contributed by atoms with Crippen LogP contribution >= 0.6 is 0 Å². The first kappa shape index (κ1) is 17.8. The van der Waals surface area contributed by atoms with Crippen molar-refractivity contribution in [1.29, 1.82) is 0 Å². The minimum atomic E-state index is -0.291. The average Bonchev–Trinajstić information content (AvgIpc) is 3.09. The highest BCUT2D eigenvalue weighted by molar-refractivity contribution is 5.99. The standard InChI is InChI=1S/C19H22N4O3/c1-3-17(24)20-16-7-5-4-6-15(16)12-18(25)23-10-8-14(9-11-23)19-22-21-13(2)26-19/h3-7,14H,1,8-12H2,2H3,(H,20,24). The maximum Gasteiger partial charge on any atom is 0.247 e. The Morgan fingerprint density at radius 2 is 2.04 bits per heavy atom. The average molecular weight is 354 g/mol. The van der Waals surface area contributed by atoms with Gasteiger partial charge in [0.25, 0.3) is 0 Å². The molecule has 7 heteroatoms. The third kappa shape index (κ3) is 4.17. The maximum absolute atomic E-state index is 12.7. The number of para-hydroxylation sites is 1. The molecule has 3 rings (SSSR count). The van der Waals surface area contributed by atoms with Crippen LogP contribution in [0.1, 0.15) is 36.1 Å². The van der Waals surface area contributed by atoms with Gasteiger partial charge in [-0.2, -0.15) is 0 Å². The van der Waals surface area contributed by atoms with E-state index in [0.29, 0.717) is 30.6 Å². The molecule has 1 aliphatic rings. The number of hydrogen-bond donors (Lipinski definition) is 1. The number of aromatic nitrogens is 2. The molecule has 26 heavy (non-hydrogen) atoms. The first-order valence-electron chi connectivity index (χ1n) is 8.66. The molecule has 1 fully saturated rings. The normalized spacial score (nSPS) is 14.9. The number of aryl methyl sites for hydroxylation is 1. The molecule has 0 atom stereocenters. The number of nitrogens with one attached hydrogen (secondary N) is 1. The van der Waals surface area contributed by atoms with Crippen LogP contribution in [0.15, 0.2) is 41.3 Å². The molecule has 1 aromatic carbocycles. The van der Waals surface area contributed by atoms with Crippen molar-refractivity contribution < 1.29 is 14.0 Å². The molecule has 0 spiro atoms. The fourth-order valence-electron chi connectivity index (χ4n) is 3.11. The van der Waals surface area contributed by atoms with Crippen molar-refractivity contribution in [3.05, 3.63) is 54.3 Å². The molecule has 1 N–H and O–H groups in total. The van der Waals surface area contributed by atoms with Gasteiger partial charge in [-0.05, 0) is 30.5 Å². The van der Waals surface area contributed by atoms with Gasteiger partial charge in [0, 0.05) is 31.6 Å². The van der Waals surface area contributed by atoms with Gasteiger partial charge >= 0.3 is 0 Å². The number of piperidine rings is 1. The number of likely N-dealkylation sites (tertiary alicyclic amines) is 1. The second-order valence-electron chi connectivity index (χ2n) is 6.34. The van der Waals surface area contributed by atoms with E-state index in [1.807, 2.05) is 23.1 Å². The monoisotopic (exact) mass is 354 g/mol. The summed E-state index contributed by atoms with van der Waals surface area (Å²) in [7, 11) is 0. The van der Waals surface area contributed by atoms with Gasteiger partial charge in [-0.15, -0.1) is 10.2 Å². The van der Waals surface area contributed by atoms with Crippen molar-refractivity contribution in [2.45, 2.75) is 32.1 Å². The third-order valence-corrected chi connectivity index (χ3v) is 4.54. The number of carbonyl (C=O) groups is 2. The number of benzene rings is 1. The second-order valence-corrected chi connectivity index (χ2v) is 6.34. The first-order valence-corrected chi connectivity index (χ1v) is 8.66. The van der Waals surface area contributed by atoms with Crippen molar-refractivity contribution in [1.82, 2.24) is 15.1 Å². The smallest absolute Gasteiger partial charge is 0.247 e. The van der Waals surface area contributed by atoms with Crippen LogP contribution in [0.5, 0.6) is 0 Å². The van der Waals surface area contributed by atoms with Crippen LogP contribution in [0.3, 0.4) is 0 Å². The van der Waals surface area contributed by atoms with Gasteiger partial charge in [0.15, 0.2) is 0 Å². The fourth-order valence-corrected chi connectivity index (χ4v) is 3.11. The Balaban J connectivity index is 1.59. The quantitative estimate of drug-likeness (QED) is 0.833. The minimum Gasteiger partial charge on any atom is -0.425 e. The molecule has 1 saturated heterocycles. The lowest BCUT2D eigenvalue weighted by molar-refractivity contribution is -0.131. The summed E-state index contributed by atoms with van der Waals surface area (Å²) >= 11 is 0. The molecule has 1 aliphatic heterocycles. The van der Waals surface area contributed by atoms with E-state index in [1.165, 1.54) is 6.08 Å². The zero-order chi connectivity index (χ0) is 18.5. The summed E-state index contributed by atoms with van der Waals surface area (Å²) in [5.74, 6) is 1.19. The molecular weight excluding hydrogens is 332 g/mol. The molecule has 2 amide bonds. The predicted octanol–water partition coefficient (Wildman–Crippen LogP) is 2.45. The van der Waals surface area contributed by atoms with Gasteiger partial charge in [-0.25, -0.2) is 0 Å². The summed E-state index contributed by atoms with van der Waals surface area (Å²) in [6, 6.07) is 7.32. The lowest BCUT2D eigenvalue weighted by Gasteiger charge is -2.30. The SMILES string of the molecule is C=CC(=O)Nc1ccccc1CC(=O)N1CCC(c2nnc(C)o2)CC1. The van der Waals surface area contributed by atoms with Crippen molar-refractivity contribution in [2.75, 3.05) is 18.4 Å². The van der Waals surface area contributed by atoms with E-state index in [4.69, 9.17) is 4.42 Å². The van der Waals surface area contributed by atoms with E-state index < -0.39 is 0 Å². The molecule has 1 aromatic heterocycles.